The van der Waals surface area contributed by atoms with Gasteiger partial charge in [0.05, 0.1) is 16.3 Å². The molecule has 7 nitrogen and oxygen atoms in total. The SMILES string of the molecule is Cc1ccccc1NS(=O)(=O)c1ccc(C(=O)Nc2nc(CN3CCCC(C)C3)cs2)cc1. The van der Waals surface area contributed by atoms with Gasteiger partial charge in [-0.15, -0.1) is 11.3 Å². The van der Waals surface area contributed by atoms with Gasteiger partial charge >= 0.3 is 0 Å². The summed E-state index contributed by atoms with van der Waals surface area (Å²) in [7, 11) is -3.75. The van der Waals surface area contributed by atoms with E-state index in [2.05, 4.69) is 26.8 Å². The highest BCUT2D eigenvalue weighted by atomic mass is 32.2. The van der Waals surface area contributed by atoms with Crippen LogP contribution in [0.1, 0.15) is 41.4 Å². The zero-order valence-electron chi connectivity index (χ0n) is 18.7. The Kier molecular flexibility index (Phi) is 7.11. The van der Waals surface area contributed by atoms with Gasteiger partial charge in [0, 0.05) is 24.0 Å². The van der Waals surface area contributed by atoms with Gasteiger partial charge in [0.25, 0.3) is 15.9 Å². The number of para-hydroxylation sites is 1. The third-order valence-corrected chi connectivity index (χ3v) is 7.90. The molecule has 33 heavy (non-hydrogen) atoms. The maximum atomic E-state index is 12.7. The number of anilines is 2. The van der Waals surface area contributed by atoms with Crippen molar-refractivity contribution in [3.8, 4) is 0 Å². The van der Waals surface area contributed by atoms with E-state index in [0.717, 1.165) is 30.9 Å². The molecule has 9 heteroatoms. The van der Waals surface area contributed by atoms with E-state index in [1.54, 1.807) is 12.1 Å². The number of nitrogens with zero attached hydrogens (tertiary/aromatic N) is 2. The molecule has 0 radical (unpaired) electrons. The van der Waals surface area contributed by atoms with E-state index < -0.39 is 10.0 Å². The summed E-state index contributed by atoms with van der Waals surface area (Å²) in [5.41, 5.74) is 2.67. The van der Waals surface area contributed by atoms with Gasteiger partial charge in [-0.1, -0.05) is 25.1 Å². The molecule has 1 aliphatic rings. The number of carbonyl (C=O) groups excluding carboxylic acids is 1. The van der Waals surface area contributed by atoms with Crippen molar-refractivity contribution in [2.75, 3.05) is 23.1 Å². The molecule has 1 saturated heterocycles. The molecule has 2 aromatic carbocycles. The lowest BCUT2D eigenvalue weighted by molar-refractivity contribution is 0.102. The molecule has 0 aliphatic carbocycles. The molecule has 1 fully saturated rings. The fourth-order valence-corrected chi connectivity index (χ4v) is 5.77. The van der Waals surface area contributed by atoms with Gasteiger partial charge in [0.15, 0.2) is 5.13 Å². The molecule has 1 aromatic heterocycles. The van der Waals surface area contributed by atoms with E-state index in [1.807, 2.05) is 24.4 Å². The van der Waals surface area contributed by atoms with Crippen LogP contribution in [-0.2, 0) is 16.6 Å². The molecule has 2 N–H and O–H groups in total. The first-order chi connectivity index (χ1) is 15.8. The molecule has 1 amide bonds. The Bertz CT molecular complexity index is 1220. The molecular weight excluding hydrogens is 456 g/mol. The minimum absolute atomic E-state index is 0.0922. The second-order valence-corrected chi connectivity index (χ2v) is 11.1. The Hall–Kier alpha value is -2.75. The molecule has 3 aromatic rings. The molecule has 1 atom stereocenters. The highest BCUT2D eigenvalue weighted by molar-refractivity contribution is 7.92. The van der Waals surface area contributed by atoms with Crippen LogP contribution in [0.5, 0.6) is 0 Å². The van der Waals surface area contributed by atoms with Gasteiger partial charge in [0.1, 0.15) is 0 Å². The second kappa shape index (κ2) is 10.0. The second-order valence-electron chi connectivity index (χ2n) is 8.53. The number of sulfonamides is 1. The van der Waals surface area contributed by atoms with Crippen LogP contribution in [-0.4, -0.2) is 37.3 Å². The quantitative estimate of drug-likeness (QED) is 0.506. The van der Waals surface area contributed by atoms with Crippen molar-refractivity contribution in [1.29, 1.82) is 0 Å². The van der Waals surface area contributed by atoms with Gasteiger partial charge in [-0.25, -0.2) is 13.4 Å². The van der Waals surface area contributed by atoms with Crippen LogP contribution in [0.4, 0.5) is 10.8 Å². The molecule has 0 saturated carbocycles. The number of carbonyl (C=O) groups is 1. The molecule has 4 rings (SSSR count). The number of hydrogen-bond donors (Lipinski definition) is 2. The normalized spacial score (nSPS) is 17.0. The monoisotopic (exact) mass is 484 g/mol. The van der Waals surface area contributed by atoms with E-state index in [0.29, 0.717) is 22.3 Å². The Labute approximate surface area is 198 Å². The number of thiazole rings is 1. The molecule has 2 heterocycles. The summed E-state index contributed by atoms with van der Waals surface area (Å²) in [5, 5.41) is 5.33. The molecule has 1 unspecified atom stereocenters. The molecule has 174 valence electrons. The topological polar surface area (TPSA) is 91.4 Å². The van der Waals surface area contributed by atoms with Crippen molar-refractivity contribution in [3.05, 3.63) is 70.7 Å². The standard InChI is InChI=1S/C24H28N4O3S2/c1-17-6-5-13-28(14-17)15-20-16-32-24(25-20)26-23(29)19-9-11-21(12-10-19)33(30,31)27-22-8-4-3-7-18(22)2/h3-4,7-12,16-17,27H,5-6,13-15H2,1-2H3,(H,25,26,29). The predicted octanol–water partition coefficient (Wildman–Crippen LogP) is 4.74. The van der Waals surface area contributed by atoms with Crippen molar-refractivity contribution in [2.24, 2.45) is 5.92 Å². The fraction of sp³-hybridized carbons (Fsp3) is 0.333. The Balaban J connectivity index is 1.37. The number of aromatic nitrogens is 1. The predicted molar refractivity (Wildman–Crippen MR) is 132 cm³/mol. The van der Waals surface area contributed by atoms with E-state index in [9.17, 15) is 13.2 Å². The van der Waals surface area contributed by atoms with Gasteiger partial charge in [-0.2, -0.15) is 0 Å². The molecular formula is C24H28N4O3S2. The first kappa shape index (κ1) is 23.4. The number of benzene rings is 2. The summed E-state index contributed by atoms with van der Waals surface area (Å²) in [6.45, 7) is 7.05. The smallest absolute Gasteiger partial charge is 0.261 e. The maximum absolute atomic E-state index is 12.7. The number of nitrogens with one attached hydrogen (secondary N) is 2. The van der Waals surface area contributed by atoms with Crippen LogP contribution >= 0.6 is 11.3 Å². The largest absolute Gasteiger partial charge is 0.298 e. The molecule has 1 aliphatic heterocycles. The van der Waals surface area contributed by atoms with Crippen LogP contribution in [0.15, 0.2) is 58.8 Å². The molecule has 0 spiro atoms. The Morgan fingerprint density at radius 1 is 1.18 bits per heavy atom. The minimum Gasteiger partial charge on any atom is -0.298 e. The lowest BCUT2D eigenvalue weighted by atomic mass is 10.0. The van der Waals surface area contributed by atoms with E-state index in [-0.39, 0.29) is 10.8 Å². The number of amides is 1. The fourth-order valence-electron chi connectivity index (χ4n) is 3.94. The molecule has 0 bridgehead atoms. The first-order valence-corrected chi connectivity index (χ1v) is 13.3. The summed E-state index contributed by atoms with van der Waals surface area (Å²) < 4.78 is 28.0. The van der Waals surface area contributed by atoms with Gasteiger partial charge in [0.2, 0.25) is 0 Å². The number of piperidine rings is 1. The van der Waals surface area contributed by atoms with Crippen LogP contribution < -0.4 is 10.0 Å². The number of likely N-dealkylation sites (tertiary alicyclic amines) is 1. The third kappa shape index (κ3) is 5.98. The average molecular weight is 485 g/mol. The summed E-state index contributed by atoms with van der Waals surface area (Å²) >= 11 is 1.40. The van der Waals surface area contributed by atoms with Crippen molar-refractivity contribution < 1.29 is 13.2 Å². The number of rotatable bonds is 7. The van der Waals surface area contributed by atoms with Crippen molar-refractivity contribution in [3.63, 3.8) is 0 Å². The van der Waals surface area contributed by atoms with Crippen molar-refractivity contribution in [1.82, 2.24) is 9.88 Å². The van der Waals surface area contributed by atoms with E-state index >= 15 is 0 Å². The third-order valence-electron chi connectivity index (χ3n) is 5.72. The van der Waals surface area contributed by atoms with Crippen LogP contribution in [0, 0.1) is 12.8 Å². The summed E-state index contributed by atoms with van der Waals surface area (Å²) in [6, 6.07) is 13.0. The number of hydrogen-bond acceptors (Lipinski definition) is 6. The summed E-state index contributed by atoms with van der Waals surface area (Å²) in [4.78, 5) is 19.7. The van der Waals surface area contributed by atoms with E-state index in [4.69, 9.17) is 0 Å². The summed E-state index contributed by atoms with van der Waals surface area (Å²) in [6.07, 6.45) is 2.48. The zero-order valence-corrected chi connectivity index (χ0v) is 20.4. The lowest BCUT2D eigenvalue weighted by Gasteiger charge is -2.30. The van der Waals surface area contributed by atoms with E-state index in [1.165, 1.54) is 48.4 Å². The lowest BCUT2D eigenvalue weighted by Crippen LogP contribution is -2.33. The van der Waals surface area contributed by atoms with Crippen LogP contribution in [0.3, 0.4) is 0 Å². The first-order valence-electron chi connectivity index (χ1n) is 11.0. The van der Waals surface area contributed by atoms with Gasteiger partial charge in [-0.05, 0) is 68.1 Å². The van der Waals surface area contributed by atoms with Crippen LogP contribution in [0.25, 0.3) is 0 Å². The highest BCUT2D eigenvalue weighted by Crippen LogP contribution is 2.22. The minimum atomic E-state index is -3.75. The van der Waals surface area contributed by atoms with Crippen molar-refractivity contribution >= 4 is 38.1 Å². The van der Waals surface area contributed by atoms with Crippen LogP contribution in [0.2, 0.25) is 0 Å². The van der Waals surface area contributed by atoms with Crippen molar-refractivity contribution in [2.45, 2.75) is 38.1 Å². The number of aryl methyl sites for hydroxylation is 1. The highest BCUT2D eigenvalue weighted by Gasteiger charge is 2.19. The summed E-state index contributed by atoms with van der Waals surface area (Å²) in [5.74, 6) is 0.383. The average Bonchev–Trinajstić information content (AvgIpc) is 3.22. The zero-order chi connectivity index (χ0) is 23.4. The Morgan fingerprint density at radius 3 is 2.67 bits per heavy atom. The van der Waals surface area contributed by atoms with Gasteiger partial charge in [-0.3, -0.25) is 19.7 Å². The van der Waals surface area contributed by atoms with Gasteiger partial charge < -0.3 is 0 Å². The maximum Gasteiger partial charge on any atom is 0.261 e. The Morgan fingerprint density at radius 2 is 1.94 bits per heavy atom.